The van der Waals surface area contributed by atoms with Crippen molar-refractivity contribution >= 4 is 32.6 Å². The number of hydrogen-bond acceptors (Lipinski definition) is 5. The minimum atomic E-state index is -0.887. The van der Waals surface area contributed by atoms with Crippen molar-refractivity contribution < 1.29 is 18.8 Å². The number of thioether (sulfide) groups is 1. The van der Waals surface area contributed by atoms with Crippen molar-refractivity contribution in [2.45, 2.75) is 79.3 Å². The molecule has 0 unspecified atom stereocenters. The van der Waals surface area contributed by atoms with E-state index in [1.165, 1.54) is 0 Å². The van der Waals surface area contributed by atoms with Crippen LogP contribution in [0.3, 0.4) is 0 Å². The molecule has 1 radical (unpaired) electrons. The standard InChI is InChI=1S/C20H35O4SSi/c1-7-23-17(22)12-10-8-9-11-13-25-19-16(21)14-15(20(2,3)4)18(19)24-26(5)6/h15H,7-14H2,1-6H3/t15-/m1/s1. The molecule has 0 aromatic carbocycles. The molecular weight excluding hydrogens is 364 g/mol. The molecule has 0 saturated heterocycles. The third kappa shape index (κ3) is 7.87. The first kappa shape index (κ1) is 23.3. The van der Waals surface area contributed by atoms with Crippen LogP contribution >= 0.6 is 11.8 Å². The highest BCUT2D eigenvalue weighted by molar-refractivity contribution is 8.04. The molecule has 1 aliphatic rings. The molecule has 6 heteroatoms. The molecule has 0 saturated carbocycles. The summed E-state index contributed by atoms with van der Waals surface area (Å²) in [6.07, 6.45) is 5.11. The third-order valence-electron chi connectivity index (χ3n) is 4.37. The molecule has 26 heavy (non-hydrogen) atoms. The van der Waals surface area contributed by atoms with Gasteiger partial charge < -0.3 is 9.16 Å². The number of esters is 1. The Hall–Kier alpha value is -0.753. The lowest BCUT2D eigenvalue weighted by molar-refractivity contribution is -0.143. The lowest BCUT2D eigenvalue weighted by Gasteiger charge is -2.29. The molecule has 1 rings (SSSR count). The van der Waals surface area contributed by atoms with E-state index in [4.69, 9.17) is 9.16 Å². The first-order chi connectivity index (χ1) is 12.2. The Labute approximate surface area is 165 Å². The maximum absolute atomic E-state index is 12.5. The van der Waals surface area contributed by atoms with E-state index in [0.29, 0.717) is 19.4 Å². The number of allylic oxidation sites excluding steroid dienone is 2. The van der Waals surface area contributed by atoms with Crippen molar-refractivity contribution in [1.82, 2.24) is 0 Å². The van der Waals surface area contributed by atoms with Crippen LogP contribution in [0.2, 0.25) is 13.1 Å². The Bertz CT molecular complexity index is 508. The fourth-order valence-electron chi connectivity index (χ4n) is 2.99. The summed E-state index contributed by atoms with van der Waals surface area (Å²) in [5.74, 6) is 2.22. The Morgan fingerprint density at radius 3 is 2.42 bits per heavy atom. The summed E-state index contributed by atoms with van der Waals surface area (Å²) in [5, 5.41) is 0. The van der Waals surface area contributed by atoms with E-state index in [1.807, 2.05) is 6.92 Å². The number of hydrogen-bond donors (Lipinski definition) is 0. The van der Waals surface area contributed by atoms with Crippen LogP contribution in [-0.4, -0.2) is 33.2 Å². The highest BCUT2D eigenvalue weighted by atomic mass is 32.2. The second-order valence-electron chi connectivity index (χ2n) is 8.07. The van der Waals surface area contributed by atoms with Crippen molar-refractivity contribution in [2.24, 2.45) is 11.3 Å². The molecule has 0 heterocycles. The van der Waals surface area contributed by atoms with Crippen LogP contribution in [0.4, 0.5) is 0 Å². The SMILES string of the molecule is CCOC(=O)CCCCCCSC1=C(O[Si](C)C)[C@H](C(C)(C)C)CC1=O. The van der Waals surface area contributed by atoms with E-state index < -0.39 is 9.04 Å². The van der Waals surface area contributed by atoms with Gasteiger partial charge in [-0.1, -0.05) is 33.6 Å². The Morgan fingerprint density at radius 1 is 1.19 bits per heavy atom. The van der Waals surface area contributed by atoms with Crippen LogP contribution in [0.1, 0.15) is 66.2 Å². The average molecular weight is 400 g/mol. The third-order valence-corrected chi connectivity index (χ3v) is 6.21. The summed E-state index contributed by atoms with van der Waals surface area (Å²) in [6, 6.07) is 0. The fourth-order valence-corrected chi connectivity index (χ4v) is 4.87. The summed E-state index contributed by atoms with van der Waals surface area (Å²) in [5.41, 5.74) is 0.0394. The van der Waals surface area contributed by atoms with Gasteiger partial charge >= 0.3 is 5.97 Å². The largest absolute Gasteiger partial charge is 0.544 e. The van der Waals surface area contributed by atoms with Gasteiger partial charge in [-0.3, -0.25) is 9.59 Å². The summed E-state index contributed by atoms with van der Waals surface area (Å²) >= 11 is 1.66. The summed E-state index contributed by atoms with van der Waals surface area (Å²) in [6.45, 7) is 13.1. The number of rotatable bonds is 11. The normalized spacial score (nSPS) is 18.0. The second kappa shape index (κ2) is 11.2. The lowest BCUT2D eigenvalue weighted by atomic mass is 9.79. The zero-order valence-electron chi connectivity index (χ0n) is 17.3. The van der Waals surface area contributed by atoms with Crippen LogP contribution < -0.4 is 0 Å². The van der Waals surface area contributed by atoms with Gasteiger partial charge in [-0.05, 0) is 44.0 Å². The van der Waals surface area contributed by atoms with E-state index in [0.717, 1.165) is 42.1 Å². The van der Waals surface area contributed by atoms with Crippen molar-refractivity contribution in [3.8, 4) is 0 Å². The van der Waals surface area contributed by atoms with Gasteiger partial charge in [0.1, 0.15) is 5.76 Å². The zero-order valence-corrected chi connectivity index (χ0v) is 19.1. The van der Waals surface area contributed by atoms with E-state index in [2.05, 4.69) is 33.9 Å². The lowest BCUT2D eigenvalue weighted by Crippen LogP contribution is -2.24. The van der Waals surface area contributed by atoms with Gasteiger partial charge in [0.05, 0.1) is 11.5 Å². The Balaban J connectivity index is 2.47. The fraction of sp³-hybridized carbons (Fsp3) is 0.800. The molecule has 0 fully saturated rings. The highest BCUT2D eigenvalue weighted by Gasteiger charge is 2.40. The highest BCUT2D eigenvalue weighted by Crippen LogP contribution is 2.45. The topological polar surface area (TPSA) is 52.6 Å². The quantitative estimate of drug-likeness (QED) is 0.266. The smallest absolute Gasteiger partial charge is 0.305 e. The van der Waals surface area contributed by atoms with Crippen molar-refractivity contribution in [3.63, 3.8) is 0 Å². The Morgan fingerprint density at radius 2 is 1.85 bits per heavy atom. The number of carbonyl (C=O) groups excluding carboxylic acids is 2. The van der Waals surface area contributed by atoms with Gasteiger partial charge in [-0.25, -0.2) is 0 Å². The van der Waals surface area contributed by atoms with Gasteiger partial charge in [0.2, 0.25) is 0 Å². The minimum absolute atomic E-state index is 0.0394. The molecule has 1 atom stereocenters. The number of carbonyl (C=O) groups is 2. The number of unbranched alkanes of at least 4 members (excludes halogenated alkanes) is 3. The first-order valence-corrected chi connectivity index (χ1v) is 13.1. The maximum Gasteiger partial charge on any atom is 0.305 e. The first-order valence-electron chi connectivity index (χ1n) is 9.70. The summed E-state index contributed by atoms with van der Waals surface area (Å²) in [7, 11) is -0.887. The second-order valence-corrected chi connectivity index (χ2v) is 11.2. The molecule has 149 valence electrons. The van der Waals surface area contributed by atoms with Gasteiger partial charge in [0.25, 0.3) is 9.04 Å². The van der Waals surface area contributed by atoms with Gasteiger partial charge in [0, 0.05) is 18.8 Å². The number of ether oxygens (including phenoxy) is 1. The average Bonchev–Trinajstić information content (AvgIpc) is 2.82. The number of ketones is 1. The van der Waals surface area contributed by atoms with Crippen LogP contribution in [0, 0.1) is 11.3 Å². The van der Waals surface area contributed by atoms with Gasteiger partial charge in [-0.2, -0.15) is 0 Å². The van der Waals surface area contributed by atoms with Gasteiger partial charge in [0.15, 0.2) is 5.78 Å². The molecule has 4 nitrogen and oxygen atoms in total. The molecule has 0 aliphatic heterocycles. The molecule has 0 aromatic heterocycles. The molecule has 0 aromatic rings. The van der Waals surface area contributed by atoms with Crippen LogP contribution in [0.15, 0.2) is 10.7 Å². The van der Waals surface area contributed by atoms with Crippen molar-refractivity contribution in [1.29, 1.82) is 0 Å². The molecular formula is C20H35O4SSi. The van der Waals surface area contributed by atoms with Crippen molar-refractivity contribution in [2.75, 3.05) is 12.4 Å². The molecule has 0 spiro atoms. The molecule has 0 N–H and O–H groups in total. The molecule has 1 aliphatic carbocycles. The van der Waals surface area contributed by atoms with E-state index in [1.54, 1.807) is 11.8 Å². The zero-order chi connectivity index (χ0) is 19.7. The van der Waals surface area contributed by atoms with E-state index >= 15 is 0 Å². The van der Waals surface area contributed by atoms with E-state index in [-0.39, 0.29) is 23.1 Å². The minimum Gasteiger partial charge on any atom is -0.544 e. The van der Waals surface area contributed by atoms with Crippen LogP contribution in [0.5, 0.6) is 0 Å². The predicted molar refractivity (Wildman–Crippen MR) is 110 cm³/mol. The molecule has 0 bridgehead atoms. The monoisotopic (exact) mass is 399 g/mol. The van der Waals surface area contributed by atoms with Crippen LogP contribution in [0.25, 0.3) is 0 Å². The Kier molecular flexibility index (Phi) is 10.0. The maximum atomic E-state index is 12.5. The van der Waals surface area contributed by atoms with Crippen molar-refractivity contribution in [3.05, 3.63) is 10.7 Å². The summed E-state index contributed by atoms with van der Waals surface area (Å²) in [4.78, 5) is 24.7. The predicted octanol–water partition coefficient (Wildman–Crippen LogP) is 5.35. The van der Waals surface area contributed by atoms with E-state index in [9.17, 15) is 9.59 Å². The van der Waals surface area contributed by atoms with Crippen LogP contribution in [-0.2, 0) is 18.8 Å². The molecule has 0 amide bonds. The van der Waals surface area contributed by atoms with Gasteiger partial charge in [-0.15, -0.1) is 11.8 Å². The summed E-state index contributed by atoms with van der Waals surface area (Å²) < 4.78 is 11.1. The number of Topliss-reactive ketones (excluding diaryl/α,β-unsaturated/α-hetero) is 1.